The van der Waals surface area contributed by atoms with Gasteiger partial charge in [-0.15, -0.1) is 0 Å². The molecule has 2 aromatic heterocycles. The summed E-state index contributed by atoms with van der Waals surface area (Å²) in [5.41, 5.74) is 2.13. The highest BCUT2D eigenvalue weighted by Gasteiger charge is 2.24. The summed E-state index contributed by atoms with van der Waals surface area (Å²) >= 11 is 0. The zero-order valence-corrected chi connectivity index (χ0v) is 18.0. The van der Waals surface area contributed by atoms with Crippen molar-refractivity contribution < 1.29 is 19.4 Å². The number of ether oxygens (including phenoxy) is 2. The number of hydrogen-bond acceptors (Lipinski definition) is 7. The van der Waals surface area contributed by atoms with Crippen molar-refractivity contribution in [3.05, 3.63) is 30.5 Å². The number of anilines is 2. The van der Waals surface area contributed by atoms with Gasteiger partial charge in [0, 0.05) is 38.0 Å². The van der Waals surface area contributed by atoms with Crippen LogP contribution < -0.4 is 9.80 Å². The molecule has 10 nitrogen and oxygen atoms in total. The Labute approximate surface area is 185 Å². The number of fused-ring (bicyclic) bond motifs is 1. The van der Waals surface area contributed by atoms with Crippen LogP contribution >= 0.6 is 0 Å². The van der Waals surface area contributed by atoms with Gasteiger partial charge in [-0.25, -0.2) is 19.4 Å². The second-order valence-corrected chi connectivity index (χ2v) is 8.01. The van der Waals surface area contributed by atoms with E-state index in [2.05, 4.69) is 10.00 Å². The highest BCUT2D eigenvalue weighted by molar-refractivity contribution is 5.89. The smallest absolute Gasteiger partial charge is 0.411 e. The van der Waals surface area contributed by atoms with E-state index < -0.39 is 6.09 Å². The van der Waals surface area contributed by atoms with Crippen molar-refractivity contribution >= 4 is 28.6 Å². The van der Waals surface area contributed by atoms with Crippen LogP contribution in [0.2, 0.25) is 0 Å². The van der Waals surface area contributed by atoms with E-state index in [1.165, 1.54) is 11.9 Å². The van der Waals surface area contributed by atoms with Gasteiger partial charge in [0.2, 0.25) is 0 Å². The fourth-order valence-electron chi connectivity index (χ4n) is 4.13. The van der Waals surface area contributed by atoms with Gasteiger partial charge in [0.1, 0.15) is 5.82 Å². The Balaban J connectivity index is 1.59. The van der Waals surface area contributed by atoms with Crippen LogP contribution in [0.5, 0.6) is 0 Å². The number of rotatable bonds is 4. The first-order valence-electron chi connectivity index (χ1n) is 10.9. The van der Waals surface area contributed by atoms with Crippen LogP contribution in [-0.4, -0.2) is 70.9 Å². The van der Waals surface area contributed by atoms with Crippen LogP contribution in [0.4, 0.5) is 16.3 Å². The van der Waals surface area contributed by atoms with Crippen molar-refractivity contribution in [2.75, 3.05) is 49.8 Å². The number of amides is 1. The van der Waals surface area contributed by atoms with Gasteiger partial charge in [0.25, 0.3) is 0 Å². The second-order valence-electron chi connectivity index (χ2n) is 8.01. The highest BCUT2D eigenvalue weighted by Crippen LogP contribution is 2.32. The van der Waals surface area contributed by atoms with E-state index in [4.69, 9.17) is 19.4 Å². The zero-order chi connectivity index (χ0) is 22.1. The predicted octanol–water partition coefficient (Wildman–Crippen LogP) is 3.14. The van der Waals surface area contributed by atoms with Gasteiger partial charge in [-0.1, -0.05) is 0 Å². The zero-order valence-electron chi connectivity index (χ0n) is 18.0. The van der Waals surface area contributed by atoms with Crippen LogP contribution in [0.1, 0.15) is 25.5 Å². The Hall–Kier alpha value is -3.24. The topological polar surface area (TPSA) is 106 Å². The van der Waals surface area contributed by atoms with E-state index >= 15 is 0 Å². The number of morpholine rings is 1. The van der Waals surface area contributed by atoms with Gasteiger partial charge in [-0.2, -0.15) is 5.10 Å². The van der Waals surface area contributed by atoms with Crippen molar-refractivity contribution in [1.82, 2.24) is 19.7 Å². The lowest BCUT2D eigenvalue weighted by Crippen LogP contribution is -2.37. The first-order chi connectivity index (χ1) is 15.6. The number of carbonyl (C=O) groups is 1. The molecule has 0 spiro atoms. The van der Waals surface area contributed by atoms with Gasteiger partial charge in [-0.05, 0) is 43.5 Å². The molecule has 1 N–H and O–H groups in total. The summed E-state index contributed by atoms with van der Waals surface area (Å²) in [5.74, 6) is 1.41. The SMILES string of the molecule is CN(C(=O)O)c1ccc(-c2nc(N3CCOCC3)c3cnn(C4CCCCO4)c3n2)cc1. The Bertz CT molecular complexity index is 1100. The lowest BCUT2D eigenvalue weighted by Gasteiger charge is -2.28. The summed E-state index contributed by atoms with van der Waals surface area (Å²) < 4.78 is 13.4. The molecule has 1 amide bonds. The van der Waals surface area contributed by atoms with Crippen LogP contribution in [0.15, 0.2) is 30.5 Å². The minimum absolute atomic E-state index is 0.131. The third kappa shape index (κ3) is 3.87. The molecule has 0 saturated carbocycles. The van der Waals surface area contributed by atoms with E-state index in [1.54, 1.807) is 12.1 Å². The largest absolute Gasteiger partial charge is 0.465 e. The highest BCUT2D eigenvalue weighted by atomic mass is 16.5. The molecule has 168 valence electrons. The van der Waals surface area contributed by atoms with Gasteiger partial charge >= 0.3 is 6.09 Å². The minimum atomic E-state index is -1.01. The lowest BCUT2D eigenvalue weighted by molar-refractivity contribution is -0.0370. The van der Waals surface area contributed by atoms with Crippen LogP contribution in [0.3, 0.4) is 0 Å². The molecule has 0 bridgehead atoms. The minimum Gasteiger partial charge on any atom is -0.465 e. The number of benzene rings is 1. The van der Waals surface area contributed by atoms with E-state index in [0.29, 0.717) is 24.7 Å². The molecule has 0 aliphatic carbocycles. The van der Waals surface area contributed by atoms with E-state index in [9.17, 15) is 9.90 Å². The summed E-state index contributed by atoms with van der Waals surface area (Å²) in [6, 6.07) is 7.20. The molecule has 32 heavy (non-hydrogen) atoms. The Morgan fingerprint density at radius 2 is 1.91 bits per heavy atom. The summed E-state index contributed by atoms with van der Waals surface area (Å²) in [4.78, 5) is 24.4. The first kappa shape index (κ1) is 20.7. The molecule has 2 fully saturated rings. The molecule has 3 aromatic rings. The Kier molecular flexibility index (Phi) is 5.62. The summed E-state index contributed by atoms with van der Waals surface area (Å²) in [5, 5.41) is 14.7. The number of hydrogen-bond donors (Lipinski definition) is 1. The average molecular weight is 438 g/mol. The van der Waals surface area contributed by atoms with Gasteiger partial charge in [0.05, 0.1) is 24.8 Å². The average Bonchev–Trinajstić information content (AvgIpc) is 3.28. The van der Waals surface area contributed by atoms with Gasteiger partial charge in [0.15, 0.2) is 17.7 Å². The van der Waals surface area contributed by atoms with Crippen molar-refractivity contribution in [2.45, 2.75) is 25.5 Å². The number of aromatic nitrogens is 4. The van der Waals surface area contributed by atoms with Crippen LogP contribution in [0.25, 0.3) is 22.4 Å². The molecular weight excluding hydrogens is 412 g/mol. The molecule has 1 atom stereocenters. The number of nitrogens with zero attached hydrogens (tertiary/aromatic N) is 6. The van der Waals surface area contributed by atoms with Crippen LogP contribution in [-0.2, 0) is 9.47 Å². The maximum absolute atomic E-state index is 11.2. The third-order valence-corrected chi connectivity index (χ3v) is 5.97. The fraction of sp³-hybridized carbons (Fsp3) is 0.455. The summed E-state index contributed by atoms with van der Waals surface area (Å²) in [7, 11) is 1.51. The molecule has 4 heterocycles. The molecule has 5 rings (SSSR count). The van der Waals surface area contributed by atoms with Crippen molar-refractivity contribution in [3.63, 3.8) is 0 Å². The summed E-state index contributed by atoms with van der Waals surface area (Å²) in [6.07, 6.45) is 3.74. The van der Waals surface area contributed by atoms with E-state index in [1.807, 2.05) is 23.0 Å². The lowest BCUT2D eigenvalue weighted by atomic mass is 10.1. The molecule has 0 radical (unpaired) electrons. The second kappa shape index (κ2) is 8.71. The Morgan fingerprint density at radius 1 is 1.12 bits per heavy atom. The van der Waals surface area contributed by atoms with E-state index in [0.717, 1.165) is 61.4 Å². The maximum atomic E-state index is 11.2. The van der Waals surface area contributed by atoms with Gasteiger partial charge < -0.3 is 19.5 Å². The molecule has 2 aliphatic rings. The molecule has 1 unspecified atom stereocenters. The van der Waals surface area contributed by atoms with Crippen LogP contribution in [0, 0.1) is 0 Å². The summed E-state index contributed by atoms with van der Waals surface area (Å²) in [6.45, 7) is 3.52. The van der Waals surface area contributed by atoms with Crippen molar-refractivity contribution in [1.29, 1.82) is 0 Å². The maximum Gasteiger partial charge on any atom is 0.411 e. The van der Waals surface area contributed by atoms with Gasteiger partial charge in [-0.3, -0.25) is 4.90 Å². The Morgan fingerprint density at radius 3 is 2.59 bits per heavy atom. The molecule has 2 aliphatic heterocycles. The quantitative estimate of drug-likeness (QED) is 0.662. The third-order valence-electron chi connectivity index (χ3n) is 5.97. The van der Waals surface area contributed by atoms with Crippen molar-refractivity contribution in [3.8, 4) is 11.4 Å². The molecular formula is C22H26N6O4. The molecule has 2 saturated heterocycles. The predicted molar refractivity (Wildman–Crippen MR) is 119 cm³/mol. The molecule has 10 heteroatoms. The first-order valence-corrected chi connectivity index (χ1v) is 10.9. The normalized spacial score (nSPS) is 19.3. The molecule has 1 aromatic carbocycles. The standard InChI is InChI=1S/C22H26N6O4/c1-26(22(29)30)16-7-5-15(6-8-16)19-24-20(27-9-12-31-13-10-27)17-14-23-28(21(17)25-19)18-4-2-3-11-32-18/h5-8,14,18H,2-4,9-13H2,1H3,(H,29,30). The van der Waals surface area contributed by atoms with E-state index in [-0.39, 0.29) is 6.23 Å². The number of carboxylic acid groups (broad SMARTS) is 1. The monoisotopic (exact) mass is 438 g/mol. The fourth-order valence-corrected chi connectivity index (χ4v) is 4.13. The van der Waals surface area contributed by atoms with Crippen molar-refractivity contribution in [2.24, 2.45) is 0 Å².